The van der Waals surface area contributed by atoms with Gasteiger partial charge in [-0.15, -0.1) is 0 Å². The van der Waals surface area contributed by atoms with E-state index >= 15 is 0 Å². The topological polar surface area (TPSA) is 32.7 Å². The molecule has 0 N–H and O–H groups in total. The summed E-state index contributed by atoms with van der Waals surface area (Å²) in [6.07, 6.45) is 1.56. The van der Waals surface area contributed by atoms with Crippen molar-refractivity contribution in [2.24, 2.45) is 4.99 Å². The van der Waals surface area contributed by atoms with Gasteiger partial charge in [-0.3, -0.25) is 0 Å². The molecule has 3 nitrogen and oxygen atoms in total. The van der Waals surface area contributed by atoms with Crippen LogP contribution in [-0.2, 0) is 11.3 Å². The van der Waals surface area contributed by atoms with Crippen molar-refractivity contribution in [2.45, 2.75) is 20.4 Å². The van der Waals surface area contributed by atoms with Crippen molar-refractivity contribution in [3.8, 4) is 0 Å². The van der Waals surface area contributed by atoms with Crippen LogP contribution in [-0.4, -0.2) is 20.2 Å². The summed E-state index contributed by atoms with van der Waals surface area (Å²) in [5.41, 5.74) is 4.70. The molecule has 0 aromatic heterocycles. The number of nitrogens with zero attached hydrogens (tertiary/aromatic N) is 2. The summed E-state index contributed by atoms with van der Waals surface area (Å²) in [6.45, 7) is 4.57. The predicted octanol–water partition coefficient (Wildman–Crippen LogP) is 2.21. The highest BCUT2D eigenvalue weighted by atomic mass is 16.1. The minimum Gasteiger partial charge on any atom is -0.377 e. The van der Waals surface area contributed by atoms with Gasteiger partial charge in [-0.1, -0.05) is 6.07 Å². The third kappa shape index (κ3) is 2.67. The fraction of sp³-hybridized carbons (Fsp3) is 0.417. The first-order valence-electron chi connectivity index (χ1n) is 4.87. The van der Waals surface area contributed by atoms with Crippen molar-refractivity contribution in [1.29, 1.82) is 0 Å². The zero-order valence-electron chi connectivity index (χ0n) is 9.66. The third-order valence-electron chi connectivity index (χ3n) is 2.51. The minimum atomic E-state index is 0.408. The first kappa shape index (κ1) is 11.5. The van der Waals surface area contributed by atoms with Crippen molar-refractivity contribution >= 4 is 11.8 Å². The highest BCUT2D eigenvalue weighted by molar-refractivity contribution is 5.57. The Bertz CT molecular complexity index is 404. The molecule has 0 radical (unpaired) electrons. The fourth-order valence-corrected chi connectivity index (χ4v) is 1.59. The van der Waals surface area contributed by atoms with E-state index in [9.17, 15) is 4.79 Å². The highest BCUT2D eigenvalue weighted by Crippen LogP contribution is 2.23. The van der Waals surface area contributed by atoms with Crippen LogP contribution in [0.25, 0.3) is 0 Å². The Labute approximate surface area is 90.4 Å². The number of hydrogen-bond donors (Lipinski definition) is 0. The SMILES string of the molecule is Cc1cc(CN=C=O)cc(N(C)C)c1C. The number of hydrogen-bond acceptors (Lipinski definition) is 3. The van der Waals surface area contributed by atoms with Crippen LogP contribution in [0.3, 0.4) is 0 Å². The number of benzene rings is 1. The van der Waals surface area contributed by atoms with Crippen LogP contribution in [0.15, 0.2) is 17.1 Å². The van der Waals surface area contributed by atoms with E-state index < -0.39 is 0 Å². The molecule has 0 atom stereocenters. The molecular weight excluding hydrogens is 188 g/mol. The van der Waals surface area contributed by atoms with E-state index in [-0.39, 0.29) is 0 Å². The van der Waals surface area contributed by atoms with Gasteiger partial charge in [0, 0.05) is 19.8 Å². The Hall–Kier alpha value is -1.60. The first-order chi connectivity index (χ1) is 7.06. The molecule has 80 valence electrons. The van der Waals surface area contributed by atoms with Crippen molar-refractivity contribution in [3.63, 3.8) is 0 Å². The molecule has 1 rings (SSSR count). The Morgan fingerprint density at radius 3 is 2.53 bits per heavy atom. The van der Waals surface area contributed by atoms with E-state index in [0.29, 0.717) is 6.54 Å². The second-order valence-electron chi connectivity index (χ2n) is 3.86. The van der Waals surface area contributed by atoms with Crippen molar-refractivity contribution in [1.82, 2.24) is 0 Å². The van der Waals surface area contributed by atoms with E-state index in [0.717, 1.165) is 5.56 Å². The largest absolute Gasteiger partial charge is 0.377 e. The summed E-state index contributed by atoms with van der Waals surface area (Å²) >= 11 is 0. The summed E-state index contributed by atoms with van der Waals surface area (Å²) in [5.74, 6) is 0. The maximum Gasteiger partial charge on any atom is 0.235 e. The Morgan fingerprint density at radius 2 is 2.00 bits per heavy atom. The second kappa shape index (κ2) is 4.76. The summed E-state index contributed by atoms with van der Waals surface area (Å²) in [6, 6.07) is 4.12. The second-order valence-corrected chi connectivity index (χ2v) is 3.86. The maximum atomic E-state index is 10.0. The van der Waals surface area contributed by atoms with E-state index in [4.69, 9.17) is 0 Å². The average molecular weight is 204 g/mol. The molecular formula is C12H16N2O. The van der Waals surface area contributed by atoms with E-state index in [1.165, 1.54) is 16.8 Å². The number of aliphatic imine (C=N–C) groups is 1. The molecule has 0 spiro atoms. The van der Waals surface area contributed by atoms with Gasteiger partial charge in [0.15, 0.2) is 0 Å². The van der Waals surface area contributed by atoms with Crippen molar-refractivity contribution in [3.05, 3.63) is 28.8 Å². The summed E-state index contributed by atoms with van der Waals surface area (Å²) < 4.78 is 0. The molecule has 1 aromatic carbocycles. The lowest BCUT2D eigenvalue weighted by atomic mass is 10.0. The van der Waals surface area contributed by atoms with Gasteiger partial charge in [0.25, 0.3) is 0 Å². The lowest BCUT2D eigenvalue weighted by Gasteiger charge is -2.18. The van der Waals surface area contributed by atoms with Gasteiger partial charge in [0.2, 0.25) is 6.08 Å². The van der Waals surface area contributed by atoms with Gasteiger partial charge >= 0.3 is 0 Å². The van der Waals surface area contributed by atoms with Gasteiger partial charge < -0.3 is 4.90 Å². The molecule has 0 aliphatic heterocycles. The average Bonchev–Trinajstić information content (AvgIpc) is 2.19. The number of isocyanates is 1. The molecule has 0 aliphatic rings. The minimum absolute atomic E-state index is 0.408. The lowest BCUT2D eigenvalue weighted by molar-refractivity contribution is 0.563. The monoisotopic (exact) mass is 204 g/mol. The van der Waals surface area contributed by atoms with Crippen LogP contribution in [0, 0.1) is 13.8 Å². The van der Waals surface area contributed by atoms with E-state index in [1.807, 2.05) is 14.1 Å². The molecule has 0 saturated carbocycles. The summed E-state index contributed by atoms with van der Waals surface area (Å²) in [4.78, 5) is 15.7. The molecule has 0 bridgehead atoms. The highest BCUT2D eigenvalue weighted by Gasteiger charge is 2.05. The smallest absolute Gasteiger partial charge is 0.235 e. The molecule has 0 amide bonds. The van der Waals surface area contributed by atoms with Crippen LogP contribution in [0.2, 0.25) is 0 Å². The molecule has 0 heterocycles. The van der Waals surface area contributed by atoms with Crippen LogP contribution < -0.4 is 4.90 Å². The lowest BCUT2D eigenvalue weighted by Crippen LogP contribution is -2.11. The fourth-order valence-electron chi connectivity index (χ4n) is 1.59. The van der Waals surface area contributed by atoms with Gasteiger partial charge in [0.05, 0.1) is 6.54 Å². The van der Waals surface area contributed by atoms with Crippen LogP contribution in [0.4, 0.5) is 5.69 Å². The van der Waals surface area contributed by atoms with E-state index in [1.54, 1.807) is 6.08 Å². The number of aryl methyl sites for hydroxylation is 1. The number of carbonyl (C=O) groups excluding carboxylic acids is 1. The normalized spacial score (nSPS) is 9.60. The van der Waals surface area contributed by atoms with Gasteiger partial charge in [-0.05, 0) is 36.6 Å². The standard InChI is InChI=1S/C12H16N2O/c1-9-5-11(7-13-8-15)6-12(10(9)2)14(3)4/h5-6H,7H2,1-4H3. The van der Waals surface area contributed by atoms with Crippen LogP contribution in [0.5, 0.6) is 0 Å². The zero-order chi connectivity index (χ0) is 11.4. The quantitative estimate of drug-likeness (QED) is 0.558. The molecule has 3 heteroatoms. The van der Waals surface area contributed by atoms with Crippen LogP contribution >= 0.6 is 0 Å². The van der Waals surface area contributed by atoms with Crippen molar-refractivity contribution < 1.29 is 4.79 Å². The Balaban J connectivity index is 3.16. The Kier molecular flexibility index (Phi) is 3.64. The molecule has 0 aliphatic carbocycles. The van der Waals surface area contributed by atoms with Gasteiger partial charge in [-0.2, -0.15) is 0 Å². The molecule has 1 aromatic rings. The molecule has 0 fully saturated rings. The predicted molar refractivity (Wildman–Crippen MR) is 62.1 cm³/mol. The molecule has 15 heavy (non-hydrogen) atoms. The summed E-state index contributed by atoms with van der Waals surface area (Å²) in [5, 5.41) is 0. The zero-order valence-corrected chi connectivity index (χ0v) is 9.66. The van der Waals surface area contributed by atoms with Gasteiger partial charge in [0.1, 0.15) is 0 Å². The number of rotatable bonds is 3. The molecule has 0 unspecified atom stereocenters. The van der Waals surface area contributed by atoms with E-state index in [2.05, 4.69) is 35.9 Å². The summed E-state index contributed by atoms with van der Waals surface area (Å²) in [7, 11) is 4.02. The van der Waals surface area contributed by atoms with Gasteiger partial charge in [-0.25, -0.2) is 9.79 Å². The van der Waals surface area contributed by atoms with Crippen LogP contribution in [0.1, 0.15) is 16.7 Å². The number of anilines is 1. The maximum absolute atomic E-state index is 10.0. The first-order valence-corrected chi connectivity index (χ1v) is 4.87. The molecule has 0 saturated heterocycles. The van der Waals surface area contributed by atoms with Crippen molar-refractivity contribution in [2.75, 3.05) is 19.0 Å². The third-order valence-corrected chi connectivity index (χ3v) is 2.51. The Morgan fingerprint density at radius 1 is 1.33 bits per heavy atom.